The zero-order valence-corrected chi connectivity index (χ0v) is 14.6. The van der Waals surface area contributed by atoms with Crippen LogP contribution in [0.25, 0.3) is 0 Å². The second kappa shape index (κ2) is 8.41. The third-order valence-corrected chi connectivity index (χ3v) is 3.67. The van der Waals surface area contributed by atoms with Crippen molar-refractivity contribution >= 4 is 28.9 Å². The molecule has 0 saturated heterocycles. The quantitative estimate of drug-likeness (QED) is 0.718. The molecular formula is C19H21ClN2O2. The highest BCUT2D eigenvalue weighted by atomic mass is 35.5. The molecule has 0 aromatic heterocycles. The van der Waals surface area contributed by atoms with Crippen molar-refractivity contribution in [3.05, 3.63) is 65.2 Å². The number of anilines is 2. The largest absolute Gasteiger partial charge is 0.487 e. The fraction of sp³-hybridized carbons (Fsp3) is 0.211. The van der Waals surface area contributed by atoms with Crippen molar-refractivity contribution in [2.75, 3.05) is 23.8 Å². The van der Waals surface area contributed by atoms with Gasteiger partial charge in [0, 0.05) is 10.7 Å². The van der Waals surface area contributed by atoms with Crippen molar-refractivity contribution in [3.8, 4) is 5.75 Å². The monoisotopic (exact) mass is 344 g/mol. The molecule has 5 heteroatoms. The highest BCUT2D eigenvalue weighted by molar-refractivity contribution is 6.31. The van der Waals surface area contributed by atoms with Crippen LogP contribution in [0.3, 0.4) is 0 Å². The van der Waals surface area contributed by atoms with Gasteiger partial charge in [-0.3, -0.25) is 4.79 Å². The first kappa shape index (κ1) is 17.9. The van der Waals surface area contributed by atoms with Gasteiger partial charge < -0.3 is 15.4 Å². The van der Waals surface area contributed by atoms with E-state index < -0.39 is 0 Å². The average molecular weight is 345 g/mol. The van der Waals surface area contributed by atoms with Crippen LogP contribution in [0.15, 0.2) is 54.6 Å². The zero-order chi connectivity index (χ0) is 17.5. The van der Waals surface area contributed by atoms with E-state index in [9.17, 15) is 4.79 Å². The number of nitrogens with one attached hydrogen (secondary N) is 2. The Hall–Kier alpha value is -2.46. The number of aryl methyl sites for hydroxylation is 1. The summed E-state index contributed by atoms with van der Waals surface area (Å²) in [6.45, 7) is 8.16. The number of para-hydroxylation sites is 2. The molecule has 0 heterocycles. The van der Waals surface area contributed by atoms with E-state index in [2.05, 4.69) is 17.2 Å². The first-order valence-electron chi connectivity index (χ1n) is 7.62. The lowest BCUT2D eigenvalue weighted by Gasteiger charge is -2.13. The van der Waals surface area contributed by atoms with Gasteiger partial charge in [-0.05, 0) is 49.2 Å². The van der Waals surface area contributed by atoms with Gasteiger partial charge in [-0.2, -0.15) is 0 Å². The number of halogens is 1. The van der Waals surface area contributed by atoms with Crippen LogP contribution in [0.1, 0.15) is 12.5 Å². The molecule has 4 nitrogen and oxygen atoms in total. The summed E-state index contributed by atoms with van der Waals surface area (Å²) >= 11 is 6.08. The molecule has 0 unspecified atom stereocenters. The van der Waals surface area contributed by atoms with Crippen molar-refractivity contribution in [2.45, 2.75) is 13.8 Å². The molecule has 0 saturated carbocycles. The van der Waals surface area contributed by atoms with Gasteiger partial charge in [-0.1, -0.05) is 36.4 Å². The fourth-order valence-corrected chi connectivity index (χ4v) is 2.16. The summed E-state index contributed by atoms with van der Waals surface area (Å²) in [4.78, 5) is 12.1. The fourth-order valence-electron chi connectivity index (χ4n) is 1.98. The molecule has 1 amide bonds. The number of rotatable bonds is 7. The second-order valence-electron chi connectivity index (χ2n) is 5.61. The third-order valence-electron chi connectivity index (χ3n) is 3.26. The van der Waals surface area contributed by atoms with Crippen LogP contribution in [0.5, 0.6) is 5.75 Å². The maximum atomic E-state index is 12.1. The van der Waals surface area contributed by atoms with Crippen LogP contribution in [0.2, 0.25) is 5.02 Å². The Balaban J connectivity index is 1.94. The van der Waals surface area contributed by atoms with Crippen molar-refractivity contribution in [1.82, 2.24) is 0 Å². The van der Waals surface area contributed by atoms with E-state index in [0.717, 1.165) is 16.8 Å². The molecular weight excluding hydrogens is 324 g/mol. The van der Waals surface area contributed by atoms with E-state index in [-0.39, 0.29) is 12.5 Å². The normalized spacial score (nSPS) is 10.1. The number of amides is 1. The minimum atomic E-state index is -0.168. The summed E-state index contributed by atoms with van der Waals surface area (Å²) in [5.74, 6) is 0.449. The Labute approximate surface area is 147 Å². The smallest absolute Gasteiger partial charge is 0.243 e. The van der Waals surface area contributed by atoms with Crippen molar-refractivity contribution in [2.24, 2.45) is 0 Å². The SMILES string of the molecule is C=C(C)COc1ccccc1NC(=O)CNc1ccc(C)c(Cl)c1. The molecule has 0 spiro atoms. The number of ether oxygens (including phenoxy) is 1. The van der Waals surface area contributed by atoms with Crippen molar-refractivity contribution < 1.29 is 9.53 Å². The third kappa shape index (κ3) is 5.32. The molecule has 2 rings (SSSR count). The van der Waals surface area contributed by atoms with E-state index in [1.54, 1.807) is 12.1 Å². The first-order chi connectivity index (χ1) is 11.5. The van der Waals surface area contributed by atoms with Crippen LogP contribution >= 0.6 is 11.6 Å². The van der Waals surface area contributed by atoms with E-state index in [1.807, 2.05) is 44.2 Å². The summed E-state index contributed by atoms with van der Waals surface area (Å²) in [5, 5.41) is 6.56. The predicted octanol–water partition coefficient (Wildman–Crippen LogP) is 4.65. The Kier molecular flexibility index (Phi) is 6.27. The van der Waals surface area contributed by atoms with Gasteiger partial charge in [0.15, 0.2) is 0 Å². The molecule has 2 aromatic carbocycles. The molecule has 0 aliphatic rings. The lowest BCUT2D eigenvalue weighted by Crippen LogP contribution is -2.22. The summed E-state index contributed by atoms with van der Waals surface area (Å²) in [6.07, 6.45) is 0. The maximum absolute atomic E-state index is 12.1. The number of carbonyl (C=O) groups is 1. The highest BCUT2D eigenvalue weighted by Crippen LogP contribution is 2.24. The standard InChI is InChI=1S/C19H21ClN2O2/c1-13(2)12-24-18-7-5-4-6-17(18)22-19(23)11-21-15-9-8-14(3)16(20)10-15/h4-10,21H,1,11-12H2,2-3H3,(H,22,23). The molecule has 0 atom stereocenters. The molecule has 0 aliphatic carbocycles. The van der Waals surface area contributed by atoms with Crippen LogP contribution in [-0.4, -0.2) is 19.1 Å². The molecule has 0 fully saturated rings. The summed E-state index contributed by atoms with van der Waals surface area (Å²) in [6, 6.07) is 12.9. The van der Waals surface area contributed by atoms with Gasteiger partial charge in [-0.25, -0.2) is 0 Å². The lowest BCUT2D eigenvalue weighted by atomic mass is 10.2. The topological polar surface area (TPSA) is 50.4 Å². The number of hydrogen-bond acceptors (Lipinski definition) is 3. The Morgan fingerprint density at radius 2 is 2.00 bits per heavy atom. The van der Waals surface area contributed by atoms with E-state index in [1.165, 1.54) is 0 Å². The van der Waals surface area contributed by atoms with E-state index in [0.29, 0.717) is 23.1 Å². The molecule has 126 valence electrons. The summed E-state index contributed by atoms with van der Waals surface area (Å²) in [5.41, 5.74) is 3.34. The second-order valence-corrected chi connectivity index (χ2v) is 6.01. The predicted molar refractivity (Wildman–Crippen MR) is 100 cm³/mol. The zero-order valence-electron chi connectivity index (χ0n) is 13.9. The molecule has 0 radical (unpaired) electrons. The molecule has 2 aromatic rings. The van der Waals surface area contributed by atoms with Gasteiger partial charge in [0.05, 0.1) is 12.2 Å². The van der Waals surface area contributed by atoms with Crippen molar-refractivity contribution in [3.63, 3.8) is 0 Å². The number of benzene rings is 2. The Bertz CT molecular complexity index is 744. The van der Waals surface area contributed by atoms with Crippen LogP contribution in [0, 0.1) is 6.92 Å². The summed E-state index contributed by atoms with van der Waals surface area (Å²) in [7, 11) is 0. The minimum absolute atomic E-state index is 0.133. The van der Waals surface area contributed by atoms with Crippen LogP contribution in [0.4, 0.5) is 11.4 Å². The lowest BCUT2D eigenvalue weighted by molar-refractivity contribution is -0.114. The highest BCUT2D eigenvalue weighted by Gasteiger charge is 2.08. The van der Waals surface area contributed by atoms with Crippen LogP contribution in [-0.2, 0) is 4.79 Å². The molecule has 2 N–H and O–H groups in total. The van der Waals surface area contributed by atoms with Gasteiger partial charge >= 0.3 is 0 Å². The van der Waals surface area contributed by atoms with Gasteiger partial charge in [-0.15, -0.1) is 0 Å². The van der Waals surface area contributed by atoms with Gasteiger partial charge in [0.1, 0.15) is 12.4 Å². The van der Waals surface area contributed by atoms with Crippen LogP contribution < -0.4 is 15.4 Å². The van der Waals surface area contributed by atoms with E-state index in [4.69, 9.17) is 16.3 Å². The number of hydrogen-bond donors (Lipinski definition) is 2. The number of carbonyl (C=O) groups excluding carboxylic acids is 1. The van der Waals surface area contributed by atoms with Gasteiger partial charge in [0.25, 0.3) is 0 Å². The average Bonchev–Trinajstić information content (AvgIpc) is 2.55. The molecule has 0 aliphatic heterocycles. The Morgan fingerprint density at radius 3 is 2.71 bits per heavy atom. The minimum Gasteiger partial charge on any atom is -0.487 e. The summed E-state index contributed by atoms with van der Waals surface area (Å²) < 4.78 is 5.64. The maximum Gasteiger partial charge on any atom is 0.243 e. The Morgan fingerprint density at radius 1 is 1.25 bits per heavy atom. The first-order valence-corrected chi connectivity index (χ1v) is 7.99. The van der Waals surface area contributed by atoms with Crippen molar-refractivity contribution in [1.29, 1.82) is 0 Å². The molecule has 24 heavy (non-hydrogen) atoms. The van der Waals surface area contributed by atoms with E-state index >= 15 is 0 Å². The molecule has 0 bridgehead atoms. The van der Waals surface area contributed by atoms with Gasteiger partial charge in [0.2, 0.25) is 5.91 Å².